The van der Waals surface area contributed by atoms with Crippen LogP contribution in [0.5, 0.6) is 0 Å². The van der Waals surface area contributed by atoms with E-state index in [1.54, 1.807) is 24.5 Å². The van der Waals surface area contributed by atoms with Crippen LogP contribution in [0.15, 0.2) is 34.9 Å². The van der Waals surface area contributed by atoms with Gasteiger partial charge in [-0.3, -0.25) is 0 Å². The van der Waals surface area contributed by atoms with Crippen LogP contribution in [0.3, 0.4) is 0 Å². The highest BCUT2D eigenvalue weighted by Gasteiger charge is 2.11. The molecule has 88 valence electrons. The van der Waals surface area contributed by atoms with Crippen LogP contribution in [0.4, 0.5) is 0 Å². The number of nitrogens with zero attached hydrogens (tertiary/aromatic N) is 1. The van der Waals surface area contributed by atoms with Crippen molar-refractivity contribution in [2.75, 3.05) is 0 Å². The predicted molar refractivity (Wildman–Crippen MR) is 63.0 cm³/mol. The maximum Gasteiger partial charge on any atom is 0.335 e. The van der Waals surface area contributed by atoms with Gasteiger partial charge in [0.25, 0.3) is 0 Å². The van der Waals surface area contributed by atoms with E-state index in [2.05, 4.69) is 4.98 Å². The SMILES string of the molecule is CC(C)c1coc(-c2cccc(C(=O)O)c2)n1. The molecule has 0 aliphatic rings. The van der Waals surface area contributed by atoms with Crippen LogP contribution in [0.25, 0.3) is 11.5 Å². The van der Waals surface area contributed by atoms with E-state index in [0.29, 0.717) is 11.5 Å². The van der Waals surface area contributed by atoms with Gasteiger partial charge in [0.2, 0.25) is 5.89 Å². The van der Waals surface area contributed by atoms with Gasteiger partial charge in [0.1, 0.15) is 6.26 Å². The summed E-state index contributed by atoms with van der Waals surface area (Å²) >= 11 is 0. The van der Waals surface area contributed by atoms with Crippen molar-refractivity contribution in [2.45, 2.75) is 19.8 Å². The van der Waals surface area contributed by atoms with E-state index in [9.17, 15) is 4.79 Å². The lowest BCUT2D eigenvalue weighted by Crippen LogP contribution is -1.95. The van der Waals surface area contributed by atoms with Crippen molar-refractivity contribution >= 4 is 5.97 Å². The summed E-state index contributed by atoms with van der Waals surface area (Å²) in [5.74, 6) is -0.213. The standard InChI is InChI=1S/C13H13NO3/c1-8(2)11-7-17-12(14-11)9-4-3-5-10(6-9)13(15)16/h3-8H,1-2H3,(H,15,16). The molecule has 4 nitrogen and oxygen atoms in total. The molecule has 1 aromatic carbocycles. The molecule has 0 spiro atoms. The third-order valence-corrected chi connectivity index (χ3v) is 2.47. The summed E-state index contributed by atoms with van der Waals surface area (Å²) in [4.78, 5) is 15.2. The van der Waals surface area contributed by atoms with Gasteiger partial charge in [0.05, 0.1) is 11.3 Å². The maximum absolute atomic E-state index is 10.8. The second-order valence-electron chi connectivity index (χ2n) is 4.12. The number of rotatable bonds is 3. The van der Waals surface area contributed by atoms with Gasteiger partial charge in [-0.15, -0.1) is 0 Å². The Bertz CT molecular complexity index is 543. The molecule has 0 saturated carbocycles. The first-order chi connectivity index (χ1) is 8.08. The molecule has 0 bridgehead atoms. The first kappa shape index (κ1) is 11.4. The summed E-state index contributed by atoms with van der Waals surface area (Å²) in [7, 11) is 0. The molecule has 17 heavy (non-hydrogen) atoms. The monoisotopic (exact) mass is 231 g/mol. The molecule has 1 heterocycles. The summed E-state index contributed by atoms with van der Waals surface area (Å²) in [5.41, 5.74) is 1.77. The van der Waals surface area contributed by atoms with E-state index in [1.165, 1.54) is 6.07 Å². The van der Waals surface area contributed by atoms with Gasteiger partial charge in [0, 0.05) is 5.56 Å². The molecule has 0 unspecified atom stereocenters. The highest BCUT2D eigenvalue weighted by molar-refractivity contribution is 5.88. The Morgan fingerprint density at radius 3 is 2.76 bits per heavy atom. The van der Waals surface area contributed by atoms with Crippen LogP contribution < -0.4 is 0 Å². The molecule has 0 amide bonds. The molecule has 1 aromatic heterocycles. The fourth-order valence-electron chi connectivity index (χ4n) is 1.47. The van der Waals surface area contributed by atoms with Crippen molar-refractivity contribution < 1.29 is 14.3 Å². The average Bonchev–Trinajstić information content (AvgIpc) is 2.78. The summed E-state index contributed by atoms with van der Waals surface area (Å²) in [5, 5.41) is 8.90. The van der Waals surface area contributed by atoms with E-state index in [1.807, 2.05) is 13.8 Å². The highest BCUT2D eigenvalue weighted by Crippen LogP contribution is 2.22. The van der Waals surface area contributed by atoms with Gasteiger partial charge in [-0.05, 0) is 24.1 Å². The fourth-order valence-corrected chi connectivity index (χ4v) is 1.47. The number of aromatic carboxylic acids is 1. The highest BCUT2D eigenvalue weighted by atomic mass is 16.4. The lowest BCUT2D eigenvalue weighted by Gasteiger charge is -1.98. The Hall–Kier alpha value is -2.10. The van der Waals surface area contributed by atoms with Crippen molar-refractivity contribution in [2.24, 2.45) is 0 Å². The third-order valence-electron chi connectivity index (χ3n) is 2.47. The molecule has 0 radical (unpaired) electrons. The number of carboxylic acids is 1. The second kappa shape index (κ2) is 4.41. The number of oxazole rings is 1. The topological polar surface area (TPSA) is 63.3 Å². The molecular formula is C13H13NO3. The minimum absolute atomic E-state index is 0.229. The van der Waals surface area contributed by atoms with Gasteiger partial charge in [0.15, 0.2) is 0 Å². The zero-order chi connectivity index (χ0) is 12.4. The fraction of sp³-hybridized carbons (Fsp3) is 0.231. The Kier molecular flexibility index (Phi) is 2.95. The van der Waals surface area contributed by atoms with Crippen LogP contribution >= 0.6 is 0 Å². The van der Waals surface area contributed by atoms with Gasteiger partial charge in [-0.1, -0.05) is 19.9 Å². The largest absolute Gasteiger partial charge is 0.478 e. The average molecular weight is 231 g/mol. The van der Waals surface area contributed by atoms with E-state index in [0.717, 1.165) is 5.69 Å². The van der Waals surface area contributed by atoms with Gasteiger partial charge < -0.3 is 9.52 Å². The van der Waals surface area contributed by atoms with Crippen LogP contribution in [-0.2, 0) is 0 Å². The number of carboxylic acid groups (broad SMARTS) is 1. The van der Waals surface area contributed by atoms with Crippen LogP contribution in [0.2, 0.25) is 0 Å². The van der Waals surface area contributed by atoms with Gasteiger partial charge >= 0.3 is 5.97 Å². The molecular weight excluding hydrogens is 218 g/mol. The molecule has 2 aromatic rings. The molecule has 0 aliphatic heterocycles. The van der Waals surface area contributed by atoms with Gasteiger partial charge in [-0.25, -0.2) is 9.78 Å². The molecule has 0 aliphatic carbocycles. The number of carbonyl (C=O) groups is 1. The van der Waals surface area contributed by atoms with Crippen molar-refractivity contribution in [3.05, 3.63) is 41.8 Å². The van der Waals surface area contributed by atoms with E-state index in [-0.39, 0.29) is 11.5 Å². The molecule has 0 fully saturated rings. The maximum atomic E-state index is 10.8. The van der Waals surface area contributed by atoms with E-state index >= 15 is 0 Å². The summed E-state index contributed by atoms with van der Waals surface area (Å²) in [6.45, 7) is 4.05. The number of hydrogen-bond donors (Lipinski definition) is 1. The van der Waals surface area contributed by atoms with Crippen molar-refractivity contribution in [3.8, 4) is 11.5 Å². The predicted octanol–water partition coefficient (Wildman–Crippen LogP) is 3.16. The summed E-state index contributed by atoms with van der Waals surface area (Å²) in [6.07, 6.45) is 1.60. The minimum atomic E-state index is -0.956. The van der Waals surface area contributed by atoms with Crippen molar-refractivity contribution in [1.82, 2.24) is 4.98 Å². The lowest BCUT2D eigenvalue weighted by atomic mass is 10.1. The zero-order valence-corrected chi connectivity index (χ0v) is 9.68. The number of benzene rings is 1. The van der Waals surface area contributed by atoms with Crippen LogP contribution in [0, 0.1) is 0 Å². The molecule has 2 rings (SSSR count). The third kappa shape index (κ3) is 2.36. The Balaban J connectivity index is 2.38. The lowest BCUT2D eigenvalue weighted by molar-refractivity contribution is 0.0697. The van der Waals surface area contributed by atoms with E-state index in [4.69, 9.17) is 9.52 Å². The smallest absolute Gasteiger partial charge is 0.335 e. The summed E-state index contributed by atoms with van der Waals surface area (Å²) < 4.78 is 5.34. The van der Waals surface area contributed by atoms with Crippen LogP contribution in [0.1, 0.15) is 35.8 Å². The minimum Gasteiger partial charge on any atom is -0.478 e. The van der Waals surface area contributed by atoms with Crippen molar-refractivity contribution in [1.29, 1.82) is 0 Å². The van der Waals surface area contributed by atoms with Crippen LogP contribution in [-0.4, -0.2) is 16.1 Å². The first-order valence-electron chi connectivity index (χ1n) is 5.37. The van der Waals surface area contributed by atoms with E-state index < -0.39 is 5.97 Å². The number of hydrogen-bond acceptors (Lipinski definition) is 3. The quantitative estimate of drug-likeness (QED) is 0.881. The molecule has 0 saturated heterocycles. The Morgan fingerprint density at radius 2 is 2.18 bits per heavy atom. The summed E-state index contributed by atoms with van der Waals surface area (Å²) in [6, 6.07) is 6.55. The normalized spacial score (nSPS) is 10.8. The van der Waals surface area contributed by atoms with Crippen molar-refractivity contribution in [3.63, 3.8) is 0 Å². The van der Waals surface area contributed by atoms with Gasteiger partial charge in [-0.2, -0.15) is 0 Å². The molecule has 0 atom stereocenters. The zero-order valence-electron chi connectivity index (χ0n) is 9.68. The first-order valence-corrected chi connectivity index (χ1v) is 5.37. The number of aromatic nitrogens is 1. The molecule has 4 heteroatoms. The Morgan fingerprint density at radius 1 is 1.41 bits per heavy atom. The second-order valence-corrected chi connectivity index (χ2v) is 4.12. The Labute approximate surface area is 98.9 Å². The molecule has 1 N–H and O–H groups in total.